The molecule has 0 spiro atoms. The first kappa shape index (κ1) is 18.4. The summed E-state index contributed by atoms with van der Waals surface area (Å²) in [5.41, 5.74) is 0.593. The van der Waals surface area contributed by atoms with E-state index in [9.17, 15) is 13.2 Å². The summed E-state index contributed by atoms with van der Waals surface area (Å²) in [6.07, 6.45) is 2.69. The van der Waals surface area contributed by atoms with Gasteiger partial charge in [-0.25, -0.2) is 13.4 Å². The maximum Gasteiger partial charge on any atom is 0.262 e. The molecule has 1 fully saturated rings. The highest BCUT2D eigenvalue weighted by atomic mass is 32.2. The zero-order chi connectivity index (χ0) is 18.6. The molecule has 2 aromatic rings. The van der Waals surface area contributed by atoms with E-state index in [1.807, 2.05) is 0 Å². The van der Waals surface area contributed by atoms with Gasteiger partial charge in [-0.3, -0.25) is 4.79 Å². The second kappa shape index (κ2) is 7.85. The van der Waals surface area contributed by atoms with Gasteiger partial charge < -0.3 is 19.4 Å². The molecule has 1 aromatic carbocycles. The minimum atomic E-state index is -3.67. The molecule has 0 atom stereocenters. The van der Waals surface area contributed by atoms with Crippen LogP contribution >= 0.6 is 0 Å². The number of morpholine rings is 1. The maximum atomic E-state index is 12.5. The van der Waals surface area contributed by atoms with Crippen LogP contribution in [-0.2, 0) is 26.1 Å². The molecule has 1 N–H and O–H groups in total. The number of nitrogens with zero attached hydrogens (tertiary/aromatic N) is 3. The van der Waals surface area contributed by atoms with Gasteiger partial charge in [0.2, 0.25) is 5.91 Å². The number of imidazole rings is 1. The number of hydrogen-bond donors (Lipinski definition) is 1. The van der Waals surface area contributed by atoms with Crippen LogP contribution < -0.4 is 10.1 Å². The summed E-state index contributed by atoms with van der Waals surface area (Å²) >= 11 is 0. The Hall–Kier alpha value is -2.43. The molecule has 0 unspecified atom stereocenters. The number of nitrogens with one attached hydrogen (secondary N) is 1. The van der Waals surface area contributed by atoms with Crippen molar-refractivity contribution in [2.75, 3.05) is 38.7 Å². The van der Waals surface area contributed by atoms with Crippen LogP contribution in [0.3, 0.4) is 0 Å². The van der Waals surface area contributed by atoms with Gasteiger partial charge in [0.25, 0.3) is 10.0 Å². The molecule has 1 saturated heterocycles. The number of hydrogen-bond acceptors (Lipinski definition) is 6. The van der Waals surface area contributed by atoms with Crippen molar-refractivity contribution in [2.45, 2.75) is 11.6 Å². The van der Waals surface area contributed by atoms with Crippen LogP contribution in [0.15, 0.2) is 41.8 Å². The van der Waals surface area contributed by atoms with Crippen LogP contribution in [0, 0.1) is 0 Å². The third kappa shape index (κ3) is 4.21. The maximum absolute atomic E-state index is 12.5. The second-order valence-electron chi connectivity index (χ2n) is 5.68. The van der Waals surface area contributed by atoms with Crippen molar-refractivity contribution >= 4 is 21.6 Å². The number of carbonyl (C=O) groups excluding carboxylic acids is 1. The van der Waals surface area contributed by atoms with E-state index < -0.39 is 10.0 Å². The van der Waals surface area contributed by atoms with E-state index >= 15 is 0 Å². The van der Waals surface area contributed by atoms with Crippen molar-refractivity contribution in [2.24, 2.45) is 0 Å². The minimum absolute atomic E-state index is 0.0527. The first-order valence-electron chi connectivity index (χ1n) is 8.02. The van der Waals surface area contributed by atoms with Gasteiger partial charge in [0.05, 0.1) is 26.7 Å². The Morgan fingerprint density at radius 3 is 2.85 bits per heavy atom. The third-order valence-corrected chi connectivity index (χ3v) is 5.65. The van der Waals surface area contributed by atoms with E-state index in [0.29, 0.717) is 37.7 Å². The molecule has 26 heavy (non-hydrogen) atoms. The Morgan fingerprint density at radius 2 is 2.12 bits per heavy atom. The summed E-state index contributed by atoms with van der Waals surface area (Å²) in [7, 11) is -2.13. The van der Waals surface area contributed by atoms with Crippen molar-refractivity contribution in [3.63, 3.8) is 0 Å². The molecule has 140 valence electrons. The molecule has 3 rings (SSSR count). The van der Waals surface area contributed by atoms with Crippen LogP contribution in [-0.4, -0.2) is 61.6 Å². The molecule has 9 nitrogen and oxygen atoms in total. The van der Waals surface area contributed by atoms with E-state index in [4.69, 9.17) is 9.47 Å². The second-order valence-corrected chi connectivity index (χ2v) is 7.57. The number of aromatic nitrogens is 2. The zero-order valence-corrected chi connectivity index (χ0v) is 15.1. The number of benzene rings is 1. The largest absolute Gasteiger partial charge is 0.497 e. The van der Waals surface area contributed by atoms with Crippen LogP contribution in [0.4, 0.5) is 5.69 Å². The van der Waals surface area contributed by atoms with Gasteiger partial charge in [0, 0.05) is 31.0 Å². The fraction of sp³-hybridized carbons (Fsp3) is 0.375. The van der Waals surface area contributed by atoms with Gasteiger partial charge in [-0.05, 0) is 12.1 Å². The molecule has 0 saturated carbocycles. The lowest BCUT2D eigenvalue weighted by Gasteiger charge is -2.24. The lowest BCUT2D eigenvalue weighted by Crippen LogP contribution is -2.40. The number of methoxy groups -OCH3 is 1. The highest BCUT2D eigenvalue weighted by Crippen LogP contribution is 2.17. The number of amides is 1. The molecule has 0 radical (unpaired) electrons. The summed E-state index contributed by atoms with van der Waals surface area (Å²) in [4.78, 5) is 16.1. The van der Waals surface area contributed by atoms with Gasteiger partial charge in [-0.1, -0.05) is 6.07 Å². The van der Waals surface area contributed by atoms with Crippen LogP contribution in [0.5, 0.6) is 5.75 Å². The summed E-state index contributed by atoms with van der Waals surface area (Å²) in [6, 6.07) is 6.97. The summed E-state index contributed by atoms with van der Waals surface area (Å²) < 4.78 is 38.1. The lowest BCUT2D eigenvalue weighted by molar-refractivity contribution is -0.116. The fourth-order valence-corrected chi connectivity index (χ4v) is 3.89. The molecular formula is C16H20N4O5S. The summed E-state index contributed by atoms with van der Waals surface area (Å²) in [5.74, 6) is 0.329. The first-order valence-corrected chi connectivity index (χ1v) is 9.46. The highest BCUT2D eigenvalue weighted by molar-refractivity contribution is 7.89. The molecule has 1 aliphatic heterocycles. The third-order valence-electron chi connectivity index (χ3n) is 3.86. The molecule has 1 amide bonds. The smallest absolute Gasteiger partial charge is 0.262 e. The Kier molecular flexibility index (Phi) is 5.55. The van der Waals surface area contributed by atoms with Crippen molar-refractivity contribution in [3.8, 4) is 5.75 Å². The molecule has 2 heterocycles. The predicted octanol–water partition coefficient (Wildman–Crippen LogP) is 0.551. The van der Waals surface area contributed by atoms with E-state index in [0.717, 1.165) is 0 Å². The Balaban J connectivity index is 1.65. The van der Waals surface area contributed by atoms with Crippen molar-refractivity contribution < 1.29 is 22.7 Å². The molecule has 0 aliphatic carbocycles. The van der Waals surface area contributed by atoms with Gasteiger partial charge in [-0.2, -0.15) is 4.31 Å². The SMILES string of the molecule is COc1cccc(NC(=O)Cn2cnc(S(=O)(=O)N3CCOCC3)c2)c1. The topological polar surface area (TPSA) is 103 Å². The van der Waals surface area contributed by atoms with Crippen molar-refractivity contribution in [1.82, 2.24) is 13.9 Å². The van der Waals surface area contributed by atoms with Crippen molar-refractivity contribution in [1.29, 1.82) is 0 Å². The first-order chi connectivity index (χ1) is 12.5. The average Bonchev–Trinajstić information content (AvgIpc) is 3.11. The summed E-state index contributed by atoms with van der Waals surface area (Å²) in [6.45, 7) is 1.27. The molecular weight excluding hydrogens is 360 g/mol. The normalized spacial score (nSPS) is 15.6. The van der Waals surface area contributed by atoms with Gasteiger partial charge in [0.1, 0.15) is 12.3 Å². The fourth-order valence-electron chi connectivity index (χ4n) is 2.55. The van der Waals surface area contributed by atoms with E-state index in [-0.39, 0.29) is 17.5 Å². The molecule has 1 aliphatic rings. The Morgan fingerprint density at radius 1 is 1.35 bits per heavy atom. The lowest BCUT2D eigenvalue weighted by atomic mass is 10.3. The van der Waals surface area contributed by atoms with E-state index in [2.05, 4.69) is 10.3 Å². The molecule has 10 heteroatoms. The quantitative estimate of drug-likeness (QED) is 0.785. The van der Waals surface area contributed by atoms with Crippen LogP contribution in [0.2, 0.25) is 0 Å². The Bertz CT molecular complexity index is 874. The number of ether oxygens (including phenoxy) is 2. The number of carbonyl (C=O) groups is 1. The number of sulfonamides is 1. The standard InChI is InChI=1S/C16H20N4O5S/c1-24-14-4-2-3-13(9-14)18-15(21)10-19-11-16(17-12-19)26(22,23)20-5-7-25-8-6-20/h2-4,9,11-12H,5-8,10H2,1H3,(H,18,21). The predicted molar refractivity (Wildman–Crippen MR) is 93.4 cm³/mol. The monoisotopic (exact) mass is 380 g/mol. The van der Waals surface area contributed by atoms with Gasteiger partial charge in [-0.15, -0.1) is 0 Å². The van der Waals surface area contributed by atoms with Gasteiger partial charge >= 0.3 is 0 Å². The van der Waals surface area contributed by atoms with E-state index in [1.165, 1.54) is 21.4 Å². The highest BCUT2D eigenvalue weighted by Gasteiger charge is 2.28. The van der Waals surface area contributed by atoms with Crippen LogP contribution in [0.1, 0.15) is 0 Å². The Labute approximate surface area is 151 Å². The zero-order valence-electron chi connectivity index (χ0n) is 14.3. The summed E-state index contributed by atoms with van der Waals surface area (Å²) in [5, 5.41) is 2.66. The van der Waals surface area contributed by atoms with Crippen molar-refractivity contribution in [3.05, 3.63) is 36.8 Å². The van der Waals surface area contributed by atoms with Crippen LogP contribution in [0.25, 0.3) is 0 Å². The molecule has 0 bridgehead atoms. The number of rotatable bonds is 6. The number of anilines is 1. The van der Waals surface area contributed by atoms with Gasteiger partial charge in [0.15, 0.2) is 5.03 Å². The average molecular weight is 380 g/mol. The van der Waals surface area contributed by atoms with E-state index in [1.54, 1.807) is 31.4 Å². The minimum Gasteiger partial charge on any atom is -0.497 e. The molecule has 1 aromatic heterocycles.